The summed E-state index contributed by atoms with van der Waals surface area (Å²) in [6.07, 6.45) is 2.32. The van der Waals surface area contributed by atoms with Gasteiger partial charge in [0.05, 0.1) is 17.2 Å². The Hall–Kier alpha value is -2.24. The third-order valence-corrected chi connectivity index (χ3v) is 6.78. The summed E-state index contributed by atoms with van der Waals surface area (Å²) in [6, 6.07) is 22.8. The van der Waals surface area contributed by atoms with Gasteiger partial charge in [0.1, 0.15) is 6.61 Å². The Labute approximate surface area is 206 Å². The normalized spacial score (nSPS) is 14.9. The molecular formula is C27H30Cl2N2O2. The summed E-state index contributed by atoms with van der Waals surface area (Å²) in [7, 11) is 1.67. The van der Waals surface area contributed by atoms with Crippen LogP contribution in [-0.2, 0) is 19.7 Å². The summed E-state index contributed by atoms with van der Waals surface area (Å²) in [5, 5.41) is 4.78. The van der Waals surface area contributed by atoms with Crippen LogP contribution in [0.5, 0.6) is 11.5 Å². The Kier molecular flexibility index (Phi) is 8.51. The Bertz CT molecular complexity index is 1040. The first-order chi connectivity index (χ1) is 16.1. The topological polar surface area (TPSA) is 33.7 Å². The number of hydrogen-bond donors (Lipinski definition) is 1. The van der Waals surface area contributed by atoms with Crippen LogP contribution in [-0.4, -0.2) is 31.1 Å². The van der Waals surface area contributed by atoms with E-state index in [0.29, 0.717) is 28.4 Å². The van der Waals surface area contributed by atoms with E-state index in [2.05, 4.69) is 46.6 Å². The summed E-state index contributed by atoms with van der Waals surface area (Å²) >= 11 is 12.1. The molecule has 1 aliphatic rings. The minimum Gasteiger partial charge on any atom is -0.493 e. The van der Waals surface area contributed by atoms with Crippen molar-refractivity contribution in [3.63, 3.8) is 0 Å². The lowest BCUT2D eigenvalue weighted by Gasteiger charge is -2.32. The molecule has 0 unspecified atom stereocenters. The van der Waals surface area contributed by atoms with E-state index < -0.39 is 0 Å². The molecule has 33 heavy (non-hydrogen) atoms. The number of nitrogens with one attached hydrogen (secondary N) is 1. The molecule has 1 aliphatic heterocycles. The number of nitrogens with zero attached hydrogens (tertiary/aromatic N) is 1. The van der Waals surface area contributed by atoms with E-state index in [1.807, 2.05) is 24.3 Å². The quantitative estimate of drug-likeness (QED) is 0.384. The molecule has 1 heterocycles. The zero-order valence-electron chi connectivity index (χ0n) is 18.9. The highest BCUT2D eigenvalue weighted by Crippen LogP contribution is 2.30. The number of hydrogen-bond acceptors (Lipinski definition) is 4. The fraction of sp³-hybridized carbons (Fsp3) is 0.333. The first-order valence-electron chi connectivity index (χ1n) is 11.3. The maximum Gasteiger partial charge on any atom is 0.161 e. The lowest BCUT2D eigenvalue weighted by Crippen LogP contribution is -2.41. The average molecular weight is 485 g/mol. The van der Waals surface area contributed by atoms with Crippen molar-refractivity contribution >= 4 is 23.2 Å². The van der Waals surface area contributed by atoms with Crippen molar-refractivity contribution in [2.45, 2.75) is 38.6 Å². The first-order valence-corrected chi connectivity index (χ1v) is 12.1. The molecule has 0 atom stereocenters. The molecular weight excluding hydrogens is 455 g/mol. The van der Waals surface area contributed by atoms with Crippen molar-refractivity contribution < 1.29 is 9.47 Å². The molecule has 3 aromatic rings. The number of likely N-dealkylation sites (tertiary alicyclic amines) is 1. The first kappa shape index (κ1) is 23.9. The SMILES string of the molecule is COc1cc(CNC2CCN(Cc3ccccc3)CC2)ccc1OCc1ccc(Cl)c(Cl)c1. The number of rotatable bonds is 9. The van der Waals surface area contributed by atoms with Crippen LogP contribution in [0, 0.1) is 0 Å². The van der Waals surface area contributed by atoms with Gasteiger partial charge in [0.2, 0.25) is 0 Å². The van der Waals surface area contributed by atoms with Gasteiger partial charge >= 0.3 is 0 Å². The van der Waals surface area contributed by atoms with Gasteiger partial charge in [-0.15, -0.1) is 0 Å². The third-order valence-electron chi connectivity index (χ3n) is 6.04. The number of piperidine rings is 1. The molecule has 1 N–H and O–H groups in total. The minimum atomic E-state index is 0.395. The van der Waals surface area contributed by atoms with E-state index >= 15 is 0 Å². The summed E-state index contributed by atoms with van der Waals surface area (Å²) < 4.78 is 11.5. The lowest BCUT2D eigenvalue weighted by atomic mass is 10.0. The smallest absolute Gasteiger partial charge is 0.161 e. The van der Waals surface area contributed by atoms with Crippen molar-refractivity contribution in [2.24, 2.45) is 0 Å². The molecule has 1 saturated heterocycles. The lowest BCUT2D eigenvalue weighted by molar-refractivity contribution is 0.190. The fourth-order valence-corrected chi connectivity index (χ4v) is 4.45. The van der Waals surface area contributed by atoms with Crippen LogP contribution >= 0.6 is 23.2 Å². The van der Waals surface area contributed by atoms with Gasteiger partial charge in [-0.3, -0.25) is 4.90 Å². The maximum absolute atomic E-state index is 6.10. The van der Waals surface area contributed by atoms with Crippen LogP contribution in [0.1, 0.15) is 29.5 Å². The highest BCUT2D eigenvalue weighted by Gasteiger charge is 2.19. The van der Waals surface area contributed by atoms with Crippen LogP contribution in [0.25, 0.3) is 0 Å². The van der Waals surface area contributed by atoms with Crippen LogP contribution < -0.4 is 14.8 Å². The second-order valence-electron chi connectivity index (χ2n) is 8.44. The predicted molar refractivity (Wildman–Crippen MR) is 135 cm³/mol. The van der Waals surface area contributed by atoms with Gasteiger partial charge in [-0.2, -0.15) is 0 Å². The number of methoxy groups -OCH3 is 1. The molecule has 0 saturated carbocycles. The van der Waals surface area contributed by atoms with Crippen molar-refractivity contribution in [1.82, 2.24) is 10.2 Å². The van der Waals surface area contributed by atoms with Gasteiger partial charge in [-0.25, -0.2) is 0 Å². The van der Waals surface area contributed by atoms with E-state index in [0.717, 1.165) is 50.3 Å². The largest absolute Gasteiger partial charge is 0.493 e. The van der Waals surface area contributed by atoms with E-state index in [4.69, 9.17) is 32.7 Å². The van der Waals surface area contributed by atoms with Crippen LogP contribution in [0.3, 0.4) is 0 Å². The van der Waals surface area contributed by atoms with Crippen molar-refractivity contribution in [1.29, 1.82) is 0 Å². The summed E-state index contributed by atoms with van der Waals surface area (Å²) in [5.41, 5.74) is 3.52. The van der Waals surface area contributed by atoms with Gasteiger partial charge in [-0.1, -0.05) is 65.7 Å². The average Bonchev–Trinajstić information content (AvgIpc) is 2.85. The molecule has 4 rings (SSSR count). The molecule has 4 nitrogen and oxygen atoms in total. The van der Waals surface area contributed by atoms with Gasteiger partial charge in [0.15, 0.2) is 11.5 Å². The molecule has 3 aromatic carbocycles. The highest BCUT2D eigenvalue weighted by molar-refractivity contribution is 6.42. The third kappa shape index (κ3) is 6.87. The Balaban J connectivity index is 1.25. The van der Waals surface area contributed by atoms with Crippen LogP contribution in [0.4, 0.5) is 0 Å². The molecule has 0 aliphatic carbocycles. The fourth-order valence-electron chi connectivity index (χ4n) is 4.13. The Morgan fingerprint density at radius 3 is 2.33 bits per heavy atom. The molecule has 0 radical (unpaired) electrons. The van der Waals surface area contributed by atoms with Gasteiger partial charge < -0.3 is 14.8 Å². The predicted octanol–water partition coefficient (Wildman–Crippen LogP) is 6.34. The zero-order valence-corrected chi connectivity index (χ0v) is 20.4. The molecule has 0 spiro atoms. The van der Waals surface area contributed by atoms with Crippen molar-refractivity contribution in [2.75, 3.05) is 20.2 Å². The van der Waals surface area contributed by atoms with Crippen molar-refractivity contribution in [3.8, 4) is 11.5 Å². The minimum absolute atomic E-state index is 0.395. The van der Waals surface area contributed by atoms with E-state index in [1.54, 1.807) is 13.2 Å². The van der Waals surface area contributed by atoms with Gasteiger partial charge in [-0.05, 0) is 66.9 Å². The van der Waals surface area contributed by atoms with Crippen LogP contribution in [0.15, 0.2) is 66.7 Å². The second kappa shape index (κ2) is 11.8. The number of ether oxygens (including phenoxy) is 2. The Morgan fingerprint density at radius 1 is 0.848 bits per heavy atom. The van der Waals surface area contributed by atoms with Crippen molar-refractivity contribution in [3.05, 3.63) is 93.5 Å². The molecule has 6 heteroatoms. The van der Waals surface area contributed by atoms with E-state index in [9.17, 15) is 0 Å². The number of benzene rings is 3. The molecule has 0 bridgehead atoms. The monoisotopic (exact) mass is 484 g/mol. The summed E-state index contributed by atoms with van der Waals surface area (Å²) in [6.45, 7) is 4.49. The highest BCUT2D eigenvalue weighted by atomic mass is 35.5. The maximum atomic E-state index is 6.10. The standard InChI is InChI=1S/C27H30Cl2N2O2/c1-32-27-16-21(8-10-26(27)33-19-22-7-9-24(28)25(29)15-22)17-30-23-11-13-31(14-12-23)18-20-5-3-2-4-6-20/h2-10,15-16,23,30H,11-14,17-19H2,1H3. The van der Waals surface area contributed by atoms with E-state index in [1.165, 1.54) is 11.1 Å². The molecule has 174 valence electrons. The van der Waals surface area contributed by atoms with Gasteiger partial charge in [0, 0.05) is 19.1 Å². The second-order valence-corrected chi connectivity index (χ2v) is 9.25. The Morgan fingerprint density at radius 2 is 1.61 bits per heavy atom. The number of halogens is 2. The van der Waals surface area contributed by atoms with Gasteiger partial charge in [0.25, 0.3) is 0 Å². The van der Waals surface area contributed by atoms with Crippen LogP contribution in [0.2, 0.25) is 10.0 Å². The molecule has 0 aromatic heterocycles. The zero-order chi connectivity index (χ0) is 23.0. The molecule has 1 fully saturated rings. The summed E-state index contributed by atoms with van der Waals surface area (Å²) in [4.78, 5) is 2.54. The van der Waals surface area contributed by atoms with E-state index in [-0.39, 0.29) is 0 Å². The summed E-state index contributed by atoms with van der Waals surface area (Å²) in [5.74, 6) is 1.44. The molecule has 0 amide bonds.